The van der Waals surface area contributed by atoms with E-state index in [1.165, 1.54) is 3.57 Å². The summed E-state index contributed by atoms with van der Waals surface area (Å²) in [5, 5.41) is 2.97. The smallest absolute Gasteiger partial charge is 0.224 e. The fourth-order valence-corrected chi connectivity index (χ4v) is 2.80. The van der Waals surface area contributed by atoms with Crippen molar-refractivity contribution in [1.82, 2.24) is 0 Å². The summed E-state index contributed by atoms with van der Waals surface area (Å²) < 4.78 is 6.58. The Bertz CT molecular complexity index is 638. The summed E-state index contributed by atoms with van der Waals surface area (Å²) in [7, 11) is 0. The zero-order valence-electron chi connectivity index (χ0n) is 12.9. The molecule has 0 fully saturated rings. The first-order valence-electron chi connectivity index (χ1n) is 7.36. The van der Waals surface area contributed by atoms with Crippen LogP contribution in [0.2, 0.25) is 0 Å². The number of nitrogens with one attached hydrogen (secondary N) is 1. The van der Waals surface area contributed by atoms with Gasteiger partial charge in [-0.1, -0.05) is 12.1 Å². The Balaban J connectivity index is 1.87. The van der Waals surface area contributed by atoms with Crippen LogP contribution in [0.1, 0.15) is 24.5 Å². The average molecular weight is 409 g/mol. The Kier molecular flexibility index (Phi) is 6.24. The van der Waals surface area contributed by atoms with Crippen molar-refractivity contribution < 1.29 is 9.53 Å². The highest BCUT2D eigenvalue weighted by Gasteiger charge is 2.06. The number of benzene rings is 2. The van der Waals surface area contributed by atoms with Crippen LogP contribution < -0.4 is 10.1 Å². The monoisotopic (exact) mass is 409 g/mol. The second-order valence-electron chi connectivity index (χ2n) is 5.08. The zero-order chi connectivity index (χ0) is 15.9. The lowest BCUT2D eigenvalue weighted by Gasteiger charge is -2.09. The molecule has 1 N–H and O–H groups in total. The summed E-state index contributed by atoms with van der Waals surface area (Å²) in [5.74, 6) is 0.906. The van der Waals surface area contributed by atoms with E-state index < -0.39 is 0 Å². The number of carbonyl (C=O) groups is 1. The number of ether oxygens (including phenoxy) is 1. The molecule has 0 saturated heterocycles. The van der Waals surface area contributed by atoms with Gasteiger partial charge in [0.25, 0.3) is 0 Å². The van der Waals surface area contributed by atoms with Crippen molar-refractivity contribution in [2.75, 3.05) is 11.9 Å². The van der Waals surface area contributed by atoms with Gasteiger partial charge in [-0.05, 0) is 84.3 Å². The van der Waals surface area contributed by atoms with Crippen LogP contribution in [0.4, 0.5) is 5.69 Å². The highest BCUT2D eigenvalue weighted by Crippen LogP contribution is 2.18. The maximum atomic E-state index is 12.1. The van der Waals surface area contributed by atoms with Crippen molar-refractivity contribution in [2.45, 2.75) is 26.7 Å². The van der Waals surface area contributed by atoms with E-state index in [2.05, 4.69) is 34.0 Å². The fraction of sp³-hybridized carbons (Fsp3) is 0.278. The van der Waals surface area contributed by atoms with Gasteiger partial charge >= 0.3 is 0 Å². The van der Waals surface area contributed by atoms with Gasteiger partial charge in [-0.25, -0.2) is 0 Å². The maximum Gasteiger partial charge on any atom is 0.224 e. The first kappa shape index (κ1) is 16.8. The molecule has 0 aliphatic heterocycles. The Labute approximate surface area is 145 Å². The van der Waals surface area contributed by atoms with Gasteiger partial charge in [-0.2, -0.15) is 0 Å². The van der Waals surface area contributed by atoms with Crippen LogP contribution in [-0.2, 0) is 11.2 Å². The molecule has 2 aromatic carbocycles. The summed E-state index contributed by atoms with van der Waals surface area (Å²) in [6.07, 6.45) is 1.20. The predicted octanol–water partition coefficient (Wildman–Crippen LogP) is 4.57. The summed E-state index contributed by atoms with van der Waals surface area (Å²) in [4.78, 5) is 12.1. The van der Waals surface area contributed by atoms with E-state index in [0.29, 0.717) is 13.0 Å². The number of rotatable bonds is 6. The number of anilines is 1. The van der Waals surface area contributed by atoms with Gasteiger partial charge in [0, 0.05) is 15.7 Å². The molecule has 2 aromatic rings. The number of aryl methyl sites for hydroxylation is 2. The van der Waals surface area contributed by atoms with Crippen molar-refractivity contribution in [1.29, 1.82) is 0 Å². The van der Waals surface area contributed by atoms with Gasteiger partial charge in [0.1, 0.15) is 5.75 Å². The molecule has 0 saturated carbocycles. The molecule has 0 aliphatic rings. The topological polar surface area (TPSA) is 38.3 Å². The molecular formula is C18H20INO2. The molecule has 0 unspecified atom stereocenters. The molecule has 1 amide bonds. The van der Waals surface area contributed by atoms with E-state index in [0.717, 1.165) is 29.0 Å². The van der Waals surface area contributed by atoms with E-state index >= 15 is 0 Å². The van der Waals surface area contributed by atoms with Crippen molar-refractivity contribution >= 4 is 34.2 Å². The lowest BCUT2D eigenvalue weighted by atomic mass is 10.1. The molecule has 0 heterocycles. The van der Waals surface area contributed by atoms with Crippen LogP contribution in [-0.4, -0.2) is 12.5 Å². The Morgan fingerprint density at radius 3 is 2.55 bits per heavy atom. The standard InChI is InChI=1S/C18H20INO2/c1-3-22-16-8-4-14(5-9-16)6-11-18(21)20-17-10-7-15(19)12-13(17)2/h4-5,7-10,12H,3,6,11H2,1-2H3,(H,20,21). The number of carbonyl (C=O) groups excluding carboxylic acids is 1. The Morgan fingerprint density at radius 1 is 1.18 bits per heavy atom. The summed E-state index contributed by atoms with van der Waals surface area (Å²) in [5.41, 5.74) is 3.11. The van der Waals surface area contributed by atoms with Gasteiger partial charge in [0.15, 0.2) is 0 Å². The molecule has 116 valence electrons. The van der Waals surface area contributed by atoms with Crippen LogP contribution in [0.25, 0.3) is 0 Å². The molecule has 0 aliphatic carbocycles. The minimum absolute atomic E-state index is 0.0400. The summed E-state index contributed by atoms with van der Waals surface area (Å²) >= 11 is 2.27. The van der Waals surface area contributed by atoms with Crippen molar-refractivity contribution in [3.8, 4) is 5.75 Å². The highest BCUT2D eigenvalue weighted by molar-refractivity contribution is 14.1. The molecule has 22 heavy (non-hydrogen) atoms. The number of halogens is 1. The quantitative estimate of drug-likeness (QED) is 0.710. The van der Waals surface area contributed by atoms with Gasteiger partial charge in [0.05, 0.1) is 6.61 Å². The molecule has 4 heteroatoms. The third-order valence-electron chi connectivity index (χ3n) is 3.34. The third kappa shape index (κ3) is 5.02. The molecule has 0 radical (unpaired) electrons. The van der Waals surface area contributed by atoms with E-state index in [4.69, 9.17) is 4.74 Å². The van der Waals surface area contributed by atoms with E-state index in [1.807, 2.05) is 50.2 Å². The van der Waals surface area contributed by atoms with Crippen LogP contribution in [0.3, 0.4) is 0 Å². The minimum Gasteiger partial charge on any atom is -0.494 e. The van der Waals surface area contributed by atoms with Crippen LogP contribution in [0.5, 0.6) is 5.75 Å². The average Bonchev–Trinajstić information content (AvgIpc) is 2.50. The number of hydrogen-bond acceptors (Lipinski definition) is 2. The van der Waals surface area contributed by atoms with Gasteiger partial charge in [0.2, 0.25) is 5.91 Å². The first-order chi connectivity index (χ1) is 10.6. The van der Waals surface area contributed by atoms with E-state index in [-0.39, 0.29) is 5.91 Å². The molecular weight excluding hydrogens is 389 g/mol. The van der Waals surface area contributed by atoms with E-state index in [1.54, 1.807) is 0 Å². The molecule has 0 aromatic heterocycles. The predicted molar refractivity (Wildman–Crippen MR) is 98.5 cm³/mol. The lowest BCUT2D eigenvalue weighted by molar-refractivity contribution is -0.116. The van der Waals surface area contributed by atoms with Crippen molar-refractivity contribution in [2.24, 2.45) is 0 Å². The van der Waals surface area contributed by atoms with Gasteiger partial charge < -0.3 is 10.1 Å². The highest BCUT2D eigenvalue weighted by atomic mass is 127. The van der Waals surface area contributed by atoms with Crippen LogP contribution in [0.15, 0.2) is 42.5 Å². The molecule has 2 rings (SSSR count). The van der Waals surface area contributed by atoms with Gasteiger partial charge in [-0.3, -0.25) is 4.79 Å². The van der Waals surface area contributed by atoms with Crippen LogP contribution in [0, 0.1) is 10.5 Å². The first-order valence-corrected chi connectivity index (χ1v) is 8.44. The maximum absolute atomic E-state index is 12.1. The second-order valence-corrected chi connectivity index (χ2v) is 6.33. The molecule has 0 atom stereocenters. The van der Waals surface area contributed by atoms with Gasteiger partial charge in [-0.15, -0.1) is 0 Å². The molecule has 0 spiro atoms. The minimum atomic E-state index is 0.0400. The number of amides is 1. The van der Waals surface area contributed by atoms with E-state index in [9.17, 15) is 4.79 Å². The second kappa shape index (κ2) is 8.17. The zero-order valence-corrected chi connectivity index (χ0v) is 15.0. The number of hydrogen-bond donors (Lipinski definition) is 1. The molecule has 3 nitrogen and oxygen atoms in total. The molecule has 0 bridgehead atoms. The van der Waals surface area contributed by atoms with Crippen molar-refractivity contribution in [3.05, 3.63) is 57.2 Å². The largest absolute Gasteiger partial charge is 0.494 e. The lowest BCUT2D eigenvalue weighted by Crippen LogP contribution is -2.13. The SMILES string of the molecule is CCOc1ccc(CCC(=O)Nc2ccc(I)cc2C)cc1. The fourth-order valence-electron chi connectivity index (χ4n) is 2.16. The Hall–Kier alpha value is -1.56. The van der Waals surface area contributed by atoms with Crippen molar-refractivity contribution in [3.63, 3.8) is 0 Å². The third-order valence-corrected chi connectivity index (χ3v) is 4.01. The normalized spacial score (nSPS) is 10.3. The summed E-state index contributed by atoms with van der Waals surface area (Å²) in [6, 6.07) is 13.9. The Morgan fingerprint density at radius 2 is 1.91 bits per heavy atom. The van der Waals surface area contributed by atoms with Crippen LogP contribution >= 0.6 is 22.6 Å². The summed E-state index contributed by atoms with van der Waals surface area (Å²) in [6.45, 7) is 4.63.